The predicted octanol–water partition coefficient (Wildman–Crippen LogP) is 2.92. The first-order chi connectivity index (χ1) is 10.6. The zero-order chi connectivity index (χ0) is 15.9. The maximum Gasteiger partial charge on any atom is 0.320 e. The molecule has 6 heteroatoms. The Hall–Kier alpha value is -1.56. The van der Waals surface area contributed by atoms with E-state index in [2.05, 4.69) is 15.7 Å². The molecule has 0 aromatic carbocycles. The topological polar surface area (TPSA) is 79.2 Å². The summed E-state index contributed by atoms with van der Waals surface area (Å²) in [6, 6.07) is 1.79. The molecule has 124 valence electrons. The molecule has 1 aliphatic carbocycles. The quantitative estimate of drug-likeness (QED) is 0.707. The molecular formula is C16H28N4O2. The van der Waals surface area contributed by atoms with Gasteiger partial charge in [0.05, 0.1) is 12.3 Å². The second-order valence-corrected chi connectivity index (χ2v) is 6.39. The van der Waals surface area contributed by atoms with Gasteiger partial charge in [-0.1, -0.05) is 12.8 Å². The molecule has 2 atom stereocenters. The number of urea groups is 1. The van der Waals surface area contributed by atoms with E-state index in [4.69, 9.17) is 0 Å². The SMILES string of the molecule is CC(C)n1nccc1NC(=O)NCCCC1CCCCC1O. The lowest BCUT2D eigenvalue weighted by molar-refractivity contribution is 0.0644. The monoisotopic (exact) mass is 308 g/mol. The molecule has 1 heterocycles. The van der Waals surface area contributed by atoms with E-state index >= 15 is 0 Å². The largest absolute Gasteiger partial charge is 0.393 e. The van der Waals surface area contributed by atoms with Crippen LogP contribution in [0.1, 0.15) is 58.4 Å². The third kappa shape index (κ3) is 4.73. The minimum absolute atomic E-state index is 0.150. The van der Waals surface area contributed by atoms with Crippen molar-refractivity contribution >= 4 is 11.8 Å². The van der Waals surface area contributed by atoms with Crippen molar-refractivity contribution < 1.29 is 9.90 Å². The number of carbonyl (C=O) groups is 1. The second kappa shape index (κ2) is 8.17. The van der Waals surface area contributed by atoms with Gasteiger partial charge in [0, 0.05) is 18.7 Å². The molecule has 0 bridgehead atoms. The molecular weight excluding hydrogens is 280 g/mol. The van der Waals surface area contributed by atoms with Crippen LogP contribution in [0.3, 0.4) is 0 Å². The van der Waals surface area contributed by atoms with Crippen LogP contribution in [0, 0.1) is 5.92 Å². The number of anilines is 1. The highest BCUT2D eigenvalue weighted by atomic mass is 16.3. The minimum Gasteiger partial charge on any atom is -0.393 e. The normalized spacial score (nSPS) is 21.8. The fraction of sp³-hybridized carbons (Fsp3) is 0.750. The number of aliphatic hydroxyl groups is 1. The van der Waals surface area contributed by atoms with Crippen molar-refractivity contribution in [1.82, 2.24) is 15.1 Å². The summed E-state index contributed by atoms with van der Waals surface area (Å²) in [5, 5.41) is 19.8. The van der Waals surface area contributed by atoms with Crippen LogP contribution < -0.4 is 10.6 Å². The number of aliphatic hydroxyl groups excluding tert-OH is 1. The lowest BCUT2D eigenvalue weighted by Gasteiger charge is -2.27. The van der Waals surface area contributed by atoms with E-state index in [1.165, 1.54) is 6.42 Å². The predicted molar refractivity (Wildman–Crippen MR) is 86.8 cm³/mol. The molecule has 1 fully saturated rings. The third-order valence-corrected chi connectivity index (χ3v) is 4.31. The van der Waals surface area contributed by atoms with Crippen molar-refractivity contribution in [3.63, 3.8) is 0 Å². The van der Waals surface area contributed by atoms with Gasteiger partial charge in [0.15, 0.2) is 0 Å². The van der Waals surface area contributed by atoms with Gasteiger partial charge in [-0.15, -0.1) is 0 Å². The highest BCUT2D eigenvalue weighted by Crippen LogP contribution is 2.27. The molecule has 1 aromatic rings. The first-order valence-corrected chi connectivity index (χ1v) is 8.34. The molecule has 1 aromatic heterocycles. The second-order valence-electron chi connectivity index (χ2n) is 6.39. The number of amides is 2. The van der Waals surface area contributed by atoms with Gasteiger partial charge < -0.3 is 10.4 Å². The van der Waals surface area contributed by atoms with Crippen LogP contribution in [0.4, 0.5) is 10.6 Å². The molecule has 0 aliphatic heterocycles. The number of hydrogen-bond donors (Lipinski definition) is 3. The Morgan fingerprint density at radius 3 is 2.95 bits per heavy atom. The molecule has 0 radical (unpaired) electrons. The van der Waals surface area contributed by atoms with E-state index in [0.29, 0.717) is 18.3 Å². The smallest absolute Gasteiger partial charge is 0.320 e. The summed E-state index contributed by atoms with van der Waals surface area (Å²) in [5.74, 6) is 1.11. The Balaban J connectivity index is 1.66. The van der Waals surface area contributed by atoms with Crippen molar-refractivity contribution in [3.8, 4) is 0 Å². The number of nitrogens with zero attached hydrogens (tertiary/aromatic N) is 2. The maximum atomic E-state index is 11.9. The molecule has 3 N–H and O–H groups in total. The summed E-state index contributed by atoms with van der Waals surface area (Å²) < 4.78 is 1.78. The van der Waals surface area contributed by atoms with Gasteiger partial charge in [0.2, 0.25) is 0 Å². The Bertz CT molecular complexity index is 472. The molecule has 0 saturated heterocycles. The highest BCUT2D eigenvalue weighted by molar-refractivity contribution is 5.88. The Labute approximate surface area is 132 Å². The summed E-state index contributed by atoms with van der Waals surface area (Å²) in [4.78, 5) is 11.9. The zero-order valence-electron chi connectivity index (χ0n) is 13.6. The van der Waals surface area contributed by atoms with Crippen molar-refractivity contribution in [2.45, 2.75) is 64.5 Å². The van der Waals surface area contributed by atoms with E-state index < -0.39 is 0 Å². The fourth-order valence-corrected chi connectivity index (χ4v) is 3.08. The minimum atomic E-state index is -0.202. The molecule has 1 saturated carbocycles. The van der Waals surface area contributed by atoms with Gasteiger partial charge in [-0.05, 0) is 45.4 Å². The van der Waals surface area contributed by atoms with Crippen LogP contribution in [0.25, 0.3) is 0 Å². The summed E-state index contributed by atoms with van der Waals surface area (Å²) >= 11 is 0. The van der Waals surface area contributed by atoms with E-state index in [1.807, 2.05) is 13.8 Å². The average molecular weight is 308 g/mol. The van der Waals surface area contributed by atoms with Gasteiger partial charge >= 0.3 is 6.03 Å². The molecule has 1 aliphatic rings. The third-order valence-electron chi connectivity index (χ3n) is 4.31. The van der Waals surface area contributed by atoms with Gasteiger partial charge in [0.25, 0.3) is 0 Å². The van der Waals surface area contributed by atoms with Crippen molar-refractivity contribution in [2.75, 3.05) is 11.9 Å². The number of aromatic nitrogens is 2. The molecule has 2 amide bonds. The maximum absolute atomic E-state index is 11.9. The number of rotatable bonds is 6. The summed E-state index contributed by atoms with van der Waals surface area (Å²) in [7, 11) is 0. The van der Waals surface area contributed by atoms with Crippen LogP contribution in [0.5, 0.6) is 0 Å². The van der Waals surface area contributed by atoms with E-state index in [-0.39, 0.29) is 18.2 Å². The summed E-state index contributed by atoms with van der Waals surface area (Å²) in [5.41, 5.74) is 0. The number of hydrogen-bond acceptors (Lipinski definition) is 3. The number of carbonyl (C=O) groups excluding carboxylic acids is 1. The van der Waals surface area contributed by atoms with Gasteiger partial charge in [-0.2, -0.15) is 5.10 Å². The highest BCUT2D eigenvalue weighted by Gasteiger charge is 2.22. The van der Waals surface area contributed by atoms with Gasteiger partial charge in [-0.3, -0.25) is 5.32 Å². The van der Waals surface area contributed by atoms with Crippen molar-refractivity contribution in [2.24, 2.45) is 5.92 Å². The van der Waals surface area contributed by atoms with Crippen LogP contribution in [0.2, 0.25) is 0 Å². The van der Waals surface area contributed by atoms with E-state index in [0.717, 1.165) is 32.1 Å². The molecule has 2 rings (SSSR count). The standard InChI is InChI=1S/C16H28N4O2/c1-12(2)20-15(9-11-18-20)19-16(22)17-10-5-7-13-6-3-4-8-14(13)21/h9,11-14,21H,3-8,10H2,1-2H3,(H2,17,19,22). The average Bonchev–Trinajstić information content (AvgIpc) is 2.93. The van der Waals surface area contributed by atoms with Crippen molar-refractivity contribution in [1.29, 1.82) is 0 Å². The molecule has 0 spiro atoms. The van der Waals surface area contributed by atoms with Crippen LogP contribution >= 0.6 is 0 Å². The van der Waals surface area contributed by atoms with Crippen LogP contribution in [0.15, 0.2) is 12.3 Å². The van der Waals surface area contributed by atoms with Crippen LogP contribution in [-0.4, -0.2) is 33.6 Å². The number of nitrogens with one attached hydrogen (secondary N) is 2. The zero-order valence-corrected chi connectivity index (χ0v) is 13.6. The lowest BCUT2D eigenvalue weighted by Crippen LogP contribution is -2.31. The van der Waals surface area contributed by atoms with E-state index in [9.17, 15) is 9.90 Å². The van der Waals surface area contributed by atoms with Gasteiger partial charge in [0.1, 0.15) is 5.82 Å². The van der Waals surface area contributed by atoms with E-state index in [1.54, 1.807) is 16.9 Å². The Morgan fingerprint density at radius 2 is 2.23 bits per heavy atom. The lowest BCUT2D eigenvalue weighted by atomic mass is 9.83. The first kappa shape index (κ1) is 16.8. The summed E-state index contributed by atoms with van der Waals surface area (Å²) in [6.07, 6.45) is 7.81. The summed E-state index contributed by atoms with van der Waals surface area (Å²) in [6.45, 7) is 4.67. The fourth-order valence-electron chi connectivity index (χ4n) is 3.08. The van der Waals surface area contributed by atoms with Crippen molar-refractivity contribution in [3.05, 3.63) is 12.3 Å². The first-order valence-electron chi connectivity index (χ1n) is 8.34. The van der Waals surface area contributed by atoms with Crippen LogP contribution in [-0.2, 0) is 0 Å². The molecule has 22 heavy (non-hydrogen) atoms. The molecule has 2 unspecified atom stereocenters. The Morgan fingerprint density at radius 1 is 1.45 bits per heavy atom. The molecule has 6 nitrogen and oxygen atoms in total. The Kier molecular flexibility index (Phi) is 6.24. The van der Waals surface area contributed by atoms with Gasteiger partial charge in [-0.25, -0.2) is 9.48 Å².